The van der Waals surface area contributed by atoms with Crippen molar-refractivity contribution in [3.8, 4) is 28.6 Å². The van der Waals surface area contributed by atoms with E-state index in [1.54, 1.807) is 29.0 Å². The molecule has 0 saturated carbocycles. The number of halogens is 4. The second-order valence-corrected chi connectivity index (χ2v) is 12.1. The largest absolute Gasteiger partial charge is 0.497 e. The van der Waals surface area contributed by atoms with Crippen molar-refractivity contribution in [3.63, 3.8) is 0 Å². The van der Waals surface area contributed by atoms with Crippen molar-refractivity contribution in [3.05, 3.63) is 83.9 Å². The van der Waals surface area contributed by atoms with Crippen LogP contribution in [0.4, 0.5) is 29.2 Å². The molecule has 10 nitrogen and oxygen atoms in total. The number of hydrogen-bond acceptors (Lipinski definition) is 9. The number of rotatable bonds is 10. The predicted molar refractivity (Wildman–Crippen MR) is 155 cm³/mol. The molecule has 1 saturated heterocycles. The van der Waals surface area contributed by atoms with Crippen LogP contribution in [0.2, 0.25) is 0 Å². The molecular formula is C29H28F4N6O4S. The van der Waals surface area contributed by atoms with Gasteiger partial charge in [0.15, 0.2) is 17.4 Å². The van der Waals surface area contributed by atoms with Gasteiger partial charge in [0.05, 0.1) is 24.1 Å². The molecular weight excluding hydrogens is 604 g/mol. The molecule has 1 fully saturated rings. The maximum atomic E-state index is 15.1. The van der Waals surface area contributed by atoms with Crippen LogP contribution in [-0.4, -0.2) is 55.3 Å². The molecule has 2 aromatic heterocycles. The fourth-order valence-corrected chi connectivity index (χ4v) is 5.90. The van der Waals surface area contributed by atoms with Crippen molar-refractivity contribution >= 4 is 21.7 Å². The van der Waals surface area contributed by atoms with Crippen LogP contribution < -0.4 is 24.8 Å². The third kappa shape index (κ3) is 7.34. The maximum Gasteiger partial charge on any atom is 0.237 e. The summed E-state index contributed by atoms with van der Waals surface area (Å²) >= 11 is 0. The lowest BCUT2D eigenvalue weighted by molar-refractivity contribution is 0.137. The number of methoxy groups -OCH3 is 1. The monoisotopic (exact) mass is 632 g/mol. The standard InChI is InChI=1S/C29H28F4N6O4S/c1-29(33)13-18(14-34-16-29)37-28-36-10-8-22(38-28)20-7-4-9-35-27(20)43-23-12-21(30)26(25(32)24(23)31)39-44(40,41)15-17-5-3-6-19(11-17)42-2/h3-12,18,34,39H,13-16H2,1-2H3,(H,36,37,38)/t18?,29-/m0/s1. The molecule has 0 aliphatic carbocycles. The minimum absolute atomic E-state index is 0.190. The highest BCUT2D eigenvalue weighted by molar-refractivity contribution is 7.91. The predicted octanol–water partition coefficient (Wildman–Crippen LogP) is 5.20. The Morgan fingerprint density at radius 1 is 1.07 bits per heavy atom. The van der Waals surface area contributed by atoms with Crippen LogP contribution in [0.1, 0.15) is 18.9 Å². The Morgan fingerprint density at radius 3 is 2.66 bits per heavy atom. The minimum atomic E-state index is -4.36. The topological polar surface area (TPSA) is 127 Å². The summed E-state index contributed by atoms with van der Waals surface area (Å²) in [6, 6.07) is 10.9. The Bertz CT molecular complexity index is 1780. The number of nitrogens with zero attached hydrogens (tertiary/aromatic N) is 3. The Labute approximate surface area is 250 Å². The average molecular weight is 633 g/mol. The smallest absolute Gasteiger partial charge is 0.237 e. The molecule has 1 aliphatic heterocycles. The van der Waals surface area contributed by atoms with Gasteiger partial charge in [-0.05, 0) is 42.8 Å². The molecule has 1 unspecified atom stereocenters. The van der Waals surface area contributed by atoms with Gasteiger partial charge in [0.25, 0.3) is 0 Å². The number of ether oxygens (including phenoxy) is 2. The van der Waals surface area contributed by atoms with Gasteiger partial charge in [0, 0.05) is 44.0 Å². The van der Waals surface area contributed by atoms with Gasteiger partial charge in [-0.2, -0.15) is 4.39 Å². The van der Waals surface area contributed by atoms with E-state index in [9.17, 15) is 12.8 Å². The normalized spacial score (nSPS) is 18.5. The van der Waals surface area contributed by atoms with Gasteiger partial charge in [0.1, 0.15) is 17.1 Å². The van der Waals surface area contributed by atoms with E-state index in [1.165, 1.54) is 44.6 Å². The van der Waals surface area contributed by atoms with Gasteiger partial charge in [-0.3, -0.25) is 4.72 Å². The number of alkyl halides is 1. The van der Waals surface area contributed by atoms with Crippen molar-refractivity contribution in [2.45, 2.75) is 30.8 Å². The van der Waals surface area contributed by atoms with E-state index in [2.05, 4.69) is 25.6 Å². The number of piperidine rings is 1. The molecule has 232 valence electrons. The van der Waals surface area contributed by atoms with Crippen molar-refractivity contribution < 1.29 is 35.5 Å². The molecule has 2 atom stereocenters. The van der Waals surface area contributed by atoms with Crippen molar-refractivity contribution in [2.24, 2.45) is 0 Å². The molecule has 15 heteroatoms. The van der Waals surface area contributed by atoms with Crippen LogP contribution in [0.15, 0.2) is 60.9 Å². The van der Waals surface area contributed by atoms with Crippen LogP contribution in [-0.2, 0) is 15.8 Å². The molecule has 1 aliphatic rings. The second kappa shape index (κ2) is 12.6. The van der Waals surface area contributed by atoms with Gasteiger partial charge in [-0.15, -0.1) is 0 Å². The molecule has 0 radical (unpaired) electrons. The number of aromatic nitrogens is 3. The Hall–Kier alpha value is -4.50. The highest BCUT2D eigenvalue weighted by atomic mass is 32.2. The van der Waals surface area contributed by atoms with Crippen LogP contribution in [0.3, 0.4) is 0 Å². The molecule has 2 aromatic carbocycles. The third-order valence-electron chi connectivity index (χ3n) is 6.67. The van der Waals surface area contributed by atoms with E-state index in [1.807, 2.05) is 0 Å². The fraction of sp³-hybridized carbons (Fsp3) is 0.276. The van der Waals surface area contributed by atoms with Gasteiger partial charge < -0.3 is 20.1 Å². The van der Waals surface area contributed by atoms with Crippen molar-refractivity contribution in [2.75, 3.05) is 30.2 Å². The molecule has 3 heterocycles. The summed E-state index contributed by atoms with van der Waals surface area (Å²) in [6.07, 6.45) is 3.00. The SMILES string of the molecule is COc1cccc(CS(=O)(=O)Nc2c(F)cc(Oc3ncccc3-c3ccnc(NC4CNC[C@@](C)(F)C4)n3)c(F)c2F)c1. The molecule has 4 aromatic rings. The number of hydrogen-bond donors (Lipinski definition) is 3. The van der Waals surface area contributed by atoms with Crippen LogP contribution in [0, 0.1) is 17.5 Å². The zero-order valence-electron chi connectivity index (χ0n) is 23.6. The van der Waals surface area contributed by atoms with Gasteiger partial charge in [0.2, 0.25) is 27.7 Å². The first-order valence-electron chi connectivity index (χ1n) is 13.4. The summed E-state index contributed by atoms with van der Waals surface area (Å²) in [5.41, 5.74) is -1.82. The summed E-state index contributed by atoms with van der Waals surface area (Å²) in [6.45, 7) is 2.23. The minimum Gasteiger partial charge on any atom is -0.497 e. The van der Waals surface area contributed by atoms with Crippen molar-refractivity contribution in [1.29, 1.82) is 0 Å². The Balaban J connectivity index is 1.37. The summed E-state index contributed by atoms with van der Waals surface area (Å²) in [5, 5.41) is 6.09. The number of anilines is 2. The molecule has 5 rings (SSSR count). The van der Waals surface area contributed by atoms with E-state index in [0.717, 1.165) is 0 Å². The lowest BCUT2D eigenvalue weighted by Gasteiger charge is -2.33. The summed E-state index contributed by atoms with van der Waals surface area (Å²) in [5.74, 6) is -6.06. The number of benzene rings is 2. The average Bonchev–Trinajstić information content (AvgIpc) is 2.98. The van der Waals surface area contributed by atoms with E-state index in [0.29, 0.717) is 18.4 Å². The highest BCUT2D eigenvalue weighted by Crippen LogP contribution is 2.36. The van der Waals surface area contributed by atoms with E-state index >= 15 is 13.2 Å². The van der Waals surface area contributed by atoms with E-state index in [-0.39, 0.29) is 47.7 Å². The van der Waals surface area contributed by atoms with Gasteiger partial charge in [-0.1, -0.05) is 12.1 Å². The first-order valence-corrected chi connectivity index (χ1v) is 15.0. The highest BCUT2D eigenvalue weighted by Gasteiger charge is 2.32. The summed E-state index contributed by atoms with van der Waals surface area (Å²) in [4.78, 5) is 12.7. The zero-order valence-corrected chi connectivity index (χ0v) is 24.4. The van der Waals surface area contributed by atoms with Crippen LogP contribution in [0.25, 0.3) is 11.3 Å². The second-order valence-electron chi connectivity index (χ2n) is 10.4. The Morgan fingerprint density at radius 2 is 1.89 bits per heavy atom. The van der Waals surface area contributed by atoms with E-state index < -0.39 is 50.3 Å². The van der Waals surface area contributed by atoms with Gasteiger partial charge >= 0.3 is 0 Å². The van der Waals surface area contributed by atoms with Gasteiger partial charge in [-0.25, -0.2) is 36.5 Å². The molecule has 44 heavy (non-hydrogen) atoms. The van der Waals surface area contributed by atoms with E-state index in [4.69, 9.17) is 9.47 Å². The molecule has 0 spiro atoms. The van der Waals surface area contributed by atoms with Crippen LogP contribution in [0.5, 0.6) is 17.4 Å². The third-order valence-corrected chi connectivity index (χ3v) is 7.90. The molecule has 0 bridgehead atoms. The van der Waals surface area contributed by atoms with Crippen molar-refractivity contribution in [1.82, 2.24) is 20.3 Å². The first-order chi connectivity index (χ1) is 20.9. The summed E-state index contributed by atoms with van der Waals surface area (Å²) in [7, 11) is -2.96. The number of sulfonamides is 1. The van der Waals surface area contributed by atoms with Crippen LogP contribution >= 0.6 is 0 Å². The lowest BCUT2D eigenvalue weighted by atomic mass is 9.95. The number of pyridine rings is 1. The number of nitrogens with one attached hydrogen (secondary N) is 3. The molecule has 3 N–H and O–H groups in total. The quantitative estimate of drug-likeness (QED) is 0.160. The lowest BCUT2D eigenvalue weighted by Crippen LogP contribution is -2.50. The Kier molecular flexibility index (Phi) is 8.87. The first kappa shape index (κ1) is 30.9. The fourth-order valence-electron chi connectivity index (χ4n) is 4.71. The summed E-state index contributed by atoms with van der Waals surface area (Å²) < 4.78 is 97.3. The zero-order chi connectivity index (χ0) is 31.5. The molecule has 0 amide bonds. The maximum absolute atomic E-state index is 15.1.